The van der Waals surface area contributed by atoms with E-state index >= 15 is 0 Å². The molecular formula is C23H31IN6. The topological polar surface area (TPSA) is 66.6 Å². The molecular weight excluding hydrogens is 487 g/mol. The summed E-state index contributed by atoms with van der Waals surface area (Å²) in [6, 6.07) is 13.1. The molecule has 2 N–H and O–H groups in total. The molecule has 0 bridgehead atoms. The first kappa shape index (κ1) is 22.5. The molecule has 0 saturated carbocycles. The molecule has 0 aliphatic heterocycles. The number of aryl methyl sites for hydroxylation is 2. The van der Waals surface area contributed by atoms with Crippen molar-refractivity contribution in [3.63, 3.8) is 0 Å². The van der Waals surface area contributed by atoms with Crippen molar-refractivity contribution < 1.29 is 0 Å². The van der Waals surface area contributed by atoms with Gasteiger partial charge >= 0.3 is 0 Å². The smallest absolute Gasteiger partial charge is 0.191 e. The van der Waals surface area contributed by atoms with Gasteiger partial charge in [0.2, 0.25) is 0 Å². The van der Waals surface area contributed by atoms with E-state index in [1.165, 1.54) is 42.4 Å². The van der Waals surface area contributed by atoms with Crippen LogP contribution in [0.25, 0.3) is 5.65 Å². The monoisotopic (exact) mass is 518 g/mol. The molecule has 1 atom stereocenters. The molecule has 30 heavy (non-hydrogen) atoms. The van der Waals surface area contributed by atoms with E-state index in [0.717, 1.165) is 30.4 Å². The molecule has 160 valence electrons. The number of nitrogens with one attached hydrogen (secondary N) is 2. The van der Waals surface area contributed by atoms with Crippen LogP contribution in [0.3, 0.4) is 0 Å². The number of pyridine rings is 1. The van der Waals surface area contributed by atoms with Gasteiger partial charge in [-0.25, -0.2) is 0 Å². The van der Waals surface area contributed by atoms with Crippen LogP contribution < -0.4 is 10.6 Å². The number of guanidine groups is 1. The molecule has 6 nitrogen and oxygen atoms in total. The molecule has 2 heterocycles. The van der Waals surface area contributed by atoms with Gasteiger partial charge in [0.1, 0.15) is 5.82 Å². The fraction of sp³-hybridized carbons (Fsp3) is 0.435. The minimum atomic E-state index is 0. The highest BCUT2D eigenvalue weighted by molar-refractivity contribution is 14.0. The number of aliphatic imine (C=N–C) groups is 1. The minimum Gasteiger partial charge on any atom is -0.357 e. The van der Waals surface area contributed by atoms with Crippen LogP contribution in [0.4, 0.5) is 0 Å². The number of fused-ring (bicyclic) bond motifs is 2. The average Bonchev–Trinajstić information content (AvgIpc) is 3.16. The van der Waals surface area contributed by atoms with Crippen LogP contribution in [0.2, 0.25) is 0 Å². The van der Waals surface area contributed by atoms with Crippen LogP contribution >= 0.6 is 24.0 Å². The minimum absolute atomic E-state index is 0. The van der Waals surface area contributed by atoms with Crippen LogP contribution in [-0.2, 0) is 19.3 Å². The Labute approximate surface area is 195 Å². The molecule has 7 heteroatoms. The van der Waals surface area contributed by atoms with Gasteiger partial charge in [0.15, 0.2) is 11.6 Å². The van der Waals surface area contributed by atoms with E-state index in [2.05, 4.69) is 52.9 Å². The Morgan fingerprint density at radius 3 is 2.80 bits per heavy atom. The first-order valence-corrected chi connectivity index (χ1v) is 10.7. The molecule has 1 aliphatic carbocycles. The van der Waals surface area contributed by atoms with Crippen molar-refractivity contribution >= 4 is 35.6 Å². The van der Waals surface area contributed by atoms with Crippen LogP contribution in [0.15, 0.2) is 47.6 Å². The zero-order chi connectivity index (χ0) is 20.1. The third-order valence-electron chi connectivity index (χ3n) is 5.56. The van der Waals surface area contributed by atoms with Crippen LogP contribution in [0, 0.1) is 0 Å². The quantitative estimate of drug-likeness (QED) is 0.293. The van der Waals surface area contributed by atoms with Crippen molar-refractivity contribution in [2.45, 2.75) is 52.0 Å². The summed E-state index contributed by atoms with van der Waals surface area (Å²) in [7, 11) is 0. The Kier molecular flexibility index (Phi) is 8.07. The summed E-state index contributed by atoms with van der Waals surface area (Å²) in [5.74, 6) is 1.77. The largest absolute Gasteiger partial charge is 0.357 e. The zero-order valence-corrected chi connectivity index (χ0v) is 20.1. The van der Waals surface area contributed by atoms with Gasteiger partial charge in [-0.05, 0) is 68.4 Å². The van der Waals surface area contributed by atoms with Crippen LogP contribution in [0.1, 0.15) is 55.2 Å². The second kappa shape index (κ2) is 10.7. The number of hydrogen-bond donors (Lipinski definition) is 2. The van der Waals surface area contributed by atoms with Gasteiger partial charge in [0.25, 0.3) is 0 Å². The van der Waals surface area contributed by atoms with Gasteiger partial charge in [-0.3, -0.25) is 9.39 Å². The summed E-state index contributed by atoms with van der Waals surface area (Å²) in [5.41, 5.74) is 5.23. The van der Waals surface area contributed by atoms with Crippen LogP contribution in [-0.4, -0.2) is 33.6 Å². The highest BCUT2D eigenvalue weighted by Crippen LogP contribution is 2.24. The molecule has 0 radical (unpaired) electrons. The predicted molar refractivity (Wildman–Crippen MR) is 133 cm³/mol. The SMILES string of the molecule is CCNC(=NCCc1nnc2ccccn12)NC(C)c1ccc2c(c1)CCCC2.I. The van der Waals surface area contributed by atoms with E-state index in [9.17, 15) is 0 Å². The lowest BCUT2D eigenvalue weighted by atomic mass is 9.89. The van der Waals surface area contributed by atoms with Crippen molar-refractivity contribution in [3.05, 3.63) is 65.1 Å². The summed E-state index contributed by atoms with van der Waals surface area (Å²) in [4.78, 5) is 4.76. The number of benzene rings is 1. The van der Waals surface area contributed by atoms with E-state index in [1.54, 1.807) is 0 Å². The lowest BCUT2D eigenvalue weighted by Crippen LogP contribution is -2.39. The van der Waals surface area contributed by atoms with Crippen molar-refractivity contribution in [1.82, 2.24) is 25.2 Å². The molecule has 1 unspecified atom stereocenters. The number of nitrogens with zero attached hydrogens (tertiary/aromatic N) is 4. The predicted octanol–water partition coefficient (Wildman–Crippen LogP) is 4.08. The lowest BCUT2D eigenvalue weighted by molar-refractivity contribution is 0.665. The maximum absolute atomic E-state index is 4.76. The molecule has 1 aromatic carbocycles. The molecule has 0 saturated heterocycles. The number of rotatable bonds is 6. The number of hydrogen-bond acceptors (Lipinski definition) is 3. The summed E-state index contributed by atoms with van der Waals surface area (Å²) >= 11 is 0. The van der Waals surface area contributed by atoms with Gasteiger partial charge in [-0.1, -0.05) is 24.3 Å². The lowest BCUT2D eigenvalue weighted by Gasteiger charge is -2.21. The molecule has 0 amide bonds. The number of halogens is 1. The van der Waals surface area contributed by atoms with Gasteiger partial charge < -0.3 is 10.6 Å². The Hall–Kier alpha value is -2.16. The average molecular weight is 518 g/mol. The van der Waals surface area contributed by atoms with E-state index in [1.807, 2.05) is 28.8 Å². The molecule has 0 fully saturated rings. The highest BCUT2D eigenvalue weighted by atomic mass is 127. The maximum Gasteiger partial charge on any atom is 0.191 e. The first-order chi connectivity index (χ1) is 14.2. The molecule has 4 rings (SSSR count). The fourth-order valence-electron chi connectivity index (χ4n) is 3.96. The molecule has 0 spiro atoms. The zero-order valence-electron chi connectivity index (χ0n) is 17.8. The highest BCUT2D eigenvalue weighted by Gasteiger charge is 2.13. The van der Waals surface area contributed by atoms with Gasteiger partial charge in [-0.15, -0.1) is 34.2 Å². The fourth-order valence-corrected chi connectivity index (χ4v) is 3.96. The van der Waals surface area contributed by atoms with E-state index in [-0.39, 0.29) is 30.0 Å². The van der Waals surface area contributed by atoms with Crippen molar-refractivity contribution in [3.8, 4) is 0 Å². The number of aromatic nitrogens is 3. The summed E-state index contributed by atoms with van der Waals surface area (Å²) in [6.45, 7) is 5.77. The van der Waals surface area contributed by atoms with Crippen molar-refractivity contribution in [2.75, 3.05) is 13.1 Å². The Bertz CT molecular complexity index is 996. The van der Waals surface area contributed by atoms with Crippen molar-refractivity contribution in [2.24, 2.45) is 4.99 Å². The summed E-state index contributed by atoms with van der Waals surface area (Å²) in [5, 5.41) is 15.4. The normalized spacial score (nSPS) is 14.7. The van der Waals surface area contributed by atoms with Gasteiger partial charge in [0, 0.05) is 25.7 Å². The first-order valence-electron chi connectivity index (χ1n) is 10.7. The van der Waals surface area contributed by atoms with E-state index in [0.29, 0.717) is 6.54 Å². The van der Waals surface area contributed by atoms with Gasteiger partial charge in [0.05, 0.1) is 6.04 Å². The summed E-state index contributed by atoms with van der Waals surface area (Å²) < 4.78 is 2.02. The third kappa shape index (κ3) is 5.30. The van der Waals surface area contributed by atoms with E-state index < -0.39 is 0 Å². The van der Waals surface area contributed by atoms with Gasteiger partial charge in [-0.2, -0.15) is 0 Å². The maximum atomic E-state index is 4.76. The standard InChI is InChI=1S/C23H30N6.HI/c1-3-24-23(25-14-13-22-28-27-21-10-6-7-15-29(21)22)26-17(2)19-12-11-18-8-4-5-9-20(18)16-19;/h6-7,10-12,15-17H,3-5,8-9,13-14H2,1-2H3,(H2,24,25,26);1H. The Morgan fingerprint density at radius 1 is 1.13 bits per heavy atom. The third-order valence-corrected chi connectivity index (χ3v) is 5.56. The second-order valence-corrected chi connectivity index (χ2v) is 7.66. The molecule has 3 aromatic rings. The Balaban J connectivity index is 0.00000256. The van der Waals surface area contributed by atoms with E-state index in [4.69, 9.17) is 4.99 Å². The van der Waals surface area contributed by atoms with Crippen molar-refractivity contribution in [1.29, 1.82) is 0 Å². The molecule has 2 aromatic heterocycles. The van der Waals surface area contributed by atoms with Crippen LogP contribution in [0.5, 0.6) is 0 Å². The second-order valence-electron chi connectivity index (χ2n) is 7.66. The summed E-state index contributed by atoms with van der Waals surface area (Å²) in [6.07, 6.45) is 7.79. The molecule has 1 aliphatic rings. The Morgan fingerprint density at radius 2 is 1.97 bits per heavy atom.